The van der Waals surface area contributed by atoms with Crippen molar-refractivity contribution in [1.82, 2.24) is 15.0 Å². The molecule has 1 N–H and O–H groups in total. The quantitative estimate of drug-likeness (QED) is 0.899. The Hall–Kier alpha value is -2.24. The van der Waals surface area contributed by atoms with Crippen molar-refractivity contribution in [2.24, 2.45) is 0 Å². The number of halogens is 1. The van der Waals surface area contributed by atoms with Gasteiger partial charge < -0.3 is 5.11 Å². The van der Waals surface area contributed by atoms with Gasteiger partial charge in [0.25, 0.3) is 0 Å². The van der Waals surface area contributed by atoms with Crippen LogP contribution in [0, 0.1) is 5.82 Å². The van der Waals surface area contributed by atoms with Crippen molar-refractivity contribution in [3.8, 4) is 5.69 Å². The number of unbranched alkanes of at least 4 members (excludes halogenated alkanes) is 1. The lowest BCUT2D eigenvalue weighted by Crippen LogP contribution is -2.07. The lowest BCUT2D eigenvalue weighted by atomic mass is 10.1. The van der Waals surface area contributed by atoms with Crippen LogP contribution in [0.5, 0.6) is 0 Å². The van der Waals surface area contributed by atoms with Crippen LogP contribution in [0.3, 0.4) is 0 Å². The van der Waals surface area contributed by atoms with Gasteiger partial charge in [0, 0.05) is 0 Å². The van der Waals surface area contributed by atoms with E-state index >= 15 is 0 Å². The molecule has 0 spiro atoms. The minimum absolute atomic E-state index is 0.0437. The van der Waals surface area contributed by atoms with Crippen LogP contribution < -0.4 is 0 Å². The highest BCUT2D eigenvalue weighted by Gasteiger charge is 2.19. The number of carboxylic acid groups (broad SMARTS) is 1. The van der Waals surface area contributed by atoms with Gasteiger partial charge in [-0.3, -0.25) is 0 Å². The summed E-state index contributed by atoms with van der Waals surface area (Å²) in [6, 6.07) is 5.71. The predicted molar refractivity (Wildman–Crippen MR) is 66.9 cm³/mol. The van der Waals surface area contributed by atoms with E-state index in [1.54, 1.807) is 12.1 Å². The fourth-order valence-corrected chi connectivity index (χ4v) is 1.83. The number of carboxylic acids is 1. The van der Waals surface area contributed by atoms with E-state index in [0.717, 1.165) is 12.8 Å². The Labute approximate surface area is 109 Å². The van der Waals surface area contributed by atoms with Crippen molar-refractivity contribution < 1.29 is 14.3 Å². The van der Waals surface area contributed by atoms with Crippen molar-refractivity contribution in [2.75, 3.05) is 0 Å². The van der Waals surface area contributed by atoms with E-state index in [4.69, 9.17) is 5.11 Å². The summed E-state index contributed by atoms with van der Waals surface area (Å²) in [5.74, 6) is -1.45. The summed E-state index contributed by atoms with van der Waals surface area (Å²) in [5, 5.41) is 16.6. The summed E-state index contributed by atoms with van der Waals surface area (Å²) in [6.07, 6.45) is 2.35. The topological polar surface area (TPSA) is 68.0 Å². The molecular formula is C13H14FN3O2. The van der Waals surface area contributed by atoms with Gasteiger partial charge in [-0.2, -0.15) is 0 Å². The molecule has 0 atom stereocenters. The largest absolute Gasteiger partial charge is 0.476 e. The molecule has 1 aromatic carbocycles. The molecule has 0 saturated carbocycles. The molecule has 2 aromatic rings. The third-order valence-corrected chi connectivity index (χ3v) is 2.80. The van der Waals surface area contributed by atoms with Crippen molar-refractivity contribution in [2.45, 2.75) is 26.2 Å². The van der Waals surface area contributed by atoms with Crippen LogP contribution in [0.4, 0.5) is 4.39 Å². The lowest BCUT2D eigenvalue weighted by Gasteiger charge is -2.06. The number of aromatic nitrogens is 3. The van der Waals surface area contributed by atoms with Gasteiger partial charge in [-0.1, -0.05) is 18.6 Å². The molecule has 6 heteroatoms. The number of rotatable bonds is 5. The Bertz CT molecular complexity index is 578. The van der Waals surface area contributed by atoms with Crippen LogP contribution in [0.1, 0.15) is 35.9 Å². The van der Waals surface area contributed by atoms with Gasteiger partial charge in [0.1, 0.15) is 5.82 Å². The van der Waals surface area contributed by atoms with Gasteiger partial charge in [-0.15, -0.1) is 5.10 Å². The molecule has 0 amide bonds. The first-order valence-electron chi connectivity index (χ1n) is 6.07. The highest BCUT2D eigenvalue weighted by Crippen LogP contribution is 2.16. The number of carbonyl (C=O) groups is 1. The second kappa shape index (κ2) is 5.60. The van der Waals surface area contributed by atoms with Crippen LogP contribution >= 0.6 is 0 Å². The van der Waals surface area contributed by atoms with Crippen molar-refractivity contribution in [3.05, 3.63) is 41.5 Å². The van der Waals surface area contributed by atoms with E-state index in [-0.39, 0.29) is 11.5 Å². The molecule has 2 rings (SSSR count). The molecule has 5 nitrogen and oxygen atoms in total. The maximum absolute atomic E-state index is 12.9. The summed E-state index contributed by atoms with van der Waals surface area (Å²) >= 11 is 0. The number of hydrogen-bond acceptors (Lipinski definition) is 3. The van der Waals surface area contributed by atoms with E-state index in [9.17, 15) is 9.18 Å². The summed E-state index contributed by atoms with van der Waals surface area (Å²) in [6.45, 7) is 2.02. The number of hydrogen-bond donors (Lipinski definition) is 1. The first-order chi connectivity index (χ1) is 9.13. The van der Waals surface area contributed by atoms with E-state index in [2.05, 4.69) is 10.3 Å². The van der Waals surface area contributed by atoms with Crippen LogP contribution in [0.2, 0.25) is 0 Å². The zero-order chi connectivity index (χ0) is 13.8. The lowest BCUT2D eigenvalue weighted by molar-refractivity contribution is 0.0689. The van der Waals surface area contributed by atoms with Crippen molar-refractivity contribution in [1.29, 1.82) is 0 Å². The smallest absolute Gasteiger partial charge is 0.358 e. The molecule has 0 aliphatic heterocycles. The first-order valence-corrected chi connectivity index (χ1v) is 6.07. The molecule has 0 fully saturated rings. The minimum atomic E-state index is -1.10. The molecule has 0 aliphatic rings. The molecule has 0 bridgehead atoms. The number of aromatic carboxylic acids is 1. The van der Waals surface area contributed by atoms with Crippen LogP contribution in [0.15, 0.2) is 24.3 Å². The molecule has 100 valence electrons. The maximum Gasteiger partial charge on any atom is 0.358 e. The molecule has 1 aromatic heterocycles. The standard InChI is InChI=1S/C13H14FN3O2/c1-2-3-4-11-12(13(18)19)15-16-17(11)10-7-5-9(14)6-8-10/h5-8H,2-4H2,1H3,(H,18,19). The fraction of sp³-hybridized carbons (Fsp3) is 0.308. The predicted octanol–water partition coefficient (Wildman–Crippen LogP) is 2.45. The average Bonchev–Trinajstić information content (AvgIpc) is 2.81. The zero-order valence-electron chi connectivity index (χ0n) is 10.5. The molecule has 0 aliphatic carbocycles. The summed E-state index contributed by atoms with van der Waals surface area (Å²) in [5.41, 5.74) is 1.10. The summed E-state index contributed by atoms with van der Waals surface area (Å²) < 4.78 is 14.4. The van der Waals surface area contributed by atoms with E-state index in [0.29, 0.717) is 17.8 Å². The first kappa shape index (κ1) is 13.2. The van der Waals surface area contributed by atoms with Gasteiger partial charge in [0.15, 0.2) is 5.69 Å². The number of nitrogens with zero attached hydrogens (tertiary/aromatic N) is 3. The van der Waals surface area contributed by atoms with E-state index in [1.807, 2.05) is 6.92 Å². The molecule has 19 heavy (non-hydrogen) atoms. The molecule has 0 saturated heterocycles. The Kier molecular flexibility index (Phi) is 3.89. The highest BCUT2D eigenvalue weighted by molar-refractivity contribution is 5.86. The van der Waals surface area contributed by atoms with Gasteiger partial charge in [-0.05, 0) is 37.1 Å². The van der Waals surface area contributed by atoms with Gasteiger partial charge >= 0.3 is 5.97 Å². The molecule has 0 radical (unpaired) electrons. The Morgan fingerprint density at radius 3 is 2.63 bits per heavy atom. The third-order valence-electron chi connectivity index (χ3n) is 2.80. The second-order valence-corrected chi connectivity index (χ2v) is 4.18. The normalized spacial score (nSPS) is 10.6. The monoisotopic (exact) mass is 263 g/mol. The van der Waals surface area contributed by atoms with E-state index in [1.165, 1.54) is 16.8 Å². The Balaban J connectivity index is 2.44. The SMILES string of the molecule is CCCCc1c(C(=O)O)nnn1-c1ccc(F)cc1. The minimum Gasteiger partial charge on any atom is -0.476 e. The van der Waals surface area contributed by atoms with Crippen molar-refractivity contribution in [3.63, 3.8) is 0 Å². The number of benzene rings is 1. The molecule has 0 unspecified atom stereocenters. The molecular weight excluding hydrogens is 249 g/mol. The van der Waals surface area contributed by atoms with Gasteiger partial charge in [0.2, 0.25) is 0 Å². The maximum atomic E-state index is 12.9. The zero-order valence-corrected chi connectivity index (χ0v) is 10.5. The Morgan fingerprint density at radius 2 is 2.05 bits per heavy atom. The third kappa shape index (κ3) is 2.78. The van der Waals surface area contributed by atoms with Gasteiger partial charge in [-0.25, -0.2) is 13.9 Å². The van der Waals surface area contributed by atoms with Crippen molar-refractivity contribution >= 4 is 5.97 Å². The molecule has 1 heterocycles. The van der Waals surface area contributed by atoms with Crippen LogP contribution in [-0.2, 0) is 6.42 Å². The van der Waals surface area contributed by atoms with Gasteiger partial charge in [0.05, 0.1) is 11.4 Å². The van der Waals surface area contributed by atoms with Crippen LogP contribution in [0.25, 0.3) is 5.69 Å². The van der Waals surface area contributed by atoms with E-state index < -0.39 is 5.97 Å². The highest BCUT2D eigenvalue weighted by atomic mass is 19.1. The average molecular weight is 263 g/mol. The summed E-state index contributed by atoms with van der Waals surface area (Å²) in [4.78, 5) is 11.1. The van der Waals surface area contributed by atoms with Crippen LogP contribution in [-0.4, -0.2) is 26.1 Å². The second-order valence-electron chi connectivity index (χ2n) is 4.18. The Morgan fingerprint density at radius 1 is 1.37 bits per heavy atom. The fourth-order valence-electron chi connectivity index (χ4n) is 1.83. The summed E-state index contributed by atoms with van der Waals surface area (Å²) in [7, 11) is 0.